The maximum atomic E-state index is 13.7. The van der Waals surface area contributed by atoms with Gasteiger partial charge in [-0.1, -0.05) is 0 Å². The highest BCUT2D eigenvalue weighted by Gasteiger charge is 2.29. The molecule has 0 aliphatic carbocycles. The molecule has 1 heterocycles. The second-order valence-corrected chi connectivity index (χ2v) is 4.43. The highest BCUT2D eigenvalue weighted by molar-refractivity contribution is 5.95. The standard InChI is InChI=1S/C12H14FN3O4/c1-20-11-6-14-5-10(11)15-12(17)8-3-2-7(16(18)19)4-9(8)13/h2-4,10-11,14H,5-6H2,1H3,(H,15,17)/t10?,11-/m0/s1. The molecule has 1 aliphatic rings. The van der Waals surface area contributed by atoms with Crippen LogP contribution in [0.25, 0.3) is 0 Å². The predicted octanol–water partition coefficient (Wildman–Crippen LogP) is 0.451. The summed E-state index contributed by atoms with van der Waals surface area (Å²) in [6.45, 7) is 1.13. The second kappa shape index (κ2) is 5.93. The third-order valence-electron chi connectivity index (χ3n) is 3.19. The van der Waals surface area contributed by atoms with E-state index in [4.69, 9.17) is 4.74 Å². The first-order chi connectivity index (χ1) is 9.52. The molecular weight excluding hydrogens is 269 g/mol. The molecule has 108 valence electrons. The molecule has 1 unspecified atom stereocenters. The van der Waals surface area contributed by atoms with E-state index in [1.165, 1.54) is 7.11 Å². The van der Waals surface area contributed by atoms with Gasteiger partial charge < -0.3 is 15.4 Å². The van der Waals surface area contributed by atoms with Gasteiger partial charge in [-0.05, 0) is 6.07 Å². The number of hydrogen-bond acceptors (Lipinski definition) is 5. The molecule has 1 saturated heterocycles. The Morgan fingerprint density at radius 3 is 2.90 bits per heavy atom. The average molecular weight is 283 g/mol. The van der Waals surface area contributed by atoms with Crippen molar-refractivity contribution < 1.29 is 18.8 Å². The molecule has 0 bridgehead atoms. The van der Waals surface area contributed by atoms with Crippen LogP contribution in [0.1, 0.15) is 10.4 Å². The first-order valence-electron chi connectivity index (χ1n) is 6.01. The van der Waals surface area contributed by atoms with Gasteiger partial charge >= 0.3 is 0 Å². The fourth-order valence-electron chi connectivity index (χ4n) is 2.09. The number of halogens is 1. The summed E-state index contributed by atoms with van der Waals surface area (Å²) in [5, 5.41) is 16.2. The Labute approximate surface area is 114 Å². The molecule has 8 heteroatoms. The molecule has 1 fully saturated rings. The maximum Gasteiger partial charge on any atom is 0.272 e. The van der Waals surface area contributed by atoms with E-state index in [2.05, 4.69) is 10.6 Å². The van der Waals surface area contributed by atoms with Crippen molar-refractivity contribution in [3.63, 3.8) is 0 Å². The summed E-state index contributed by atoms with van der Waals surface area (Å²) in [5.74, 6) is -1.54. The molecule has 7 nitrogen and oxygen atoms in total. The lowest BCUT2D eigenvalue weighted by atomic mass is 10.1. The Morgan fingerprint density at radius 1 is 1.55 bits per heavy atom. The Kier molecular flexibility index (Phi) is 4.26. The van der Waals surface area contributed by atoms with Gasteiger partial charge in [-0.3, -0.25) is 14.9 Å². The smallest absolute Gasteiger partial charge is 0.272 e. The number of hydrogen-bond donors (Lipinski definition) is 2. The Morgan fingerprint density at radius 2 is 2.30 bits per heavy atom. The zero-order valence-corrected chi connectivity index (χ0v) is 10.8. The molecule has 1 aromatic rings. The van der Waals surface area contributed by atoms with Gasteiger partial charge in [0.15, 0.2) is 0 Å². The SMILES string of the molecule is CO[C@H]1CNCC1NC(=O)c1ccc([N+](=O)[O-])cc1F. The van der Waals surface area contributed by atoms with Gasteiger partial charge in [-0.2, -0.15) is 0 Å². The molecule has 2 rings (SSSR count). The van der Waals surface area contributed by atoms with Crippen molar-refractivity contribution >= 4 is 11.6 Å². The van der Waals surface area contributed by atoms with Crippen LogP contribution in [0.4, 0.5) is 10.1 Å². The Balaban J connectivity index is 2.11. The van der Waals surface area contributed by atoms with Crippen LogP contribution in [0.5, 0.6) is 0 Å². The average Bonchev–Trinajstić information content (AvgIpc) is 2.85. The van der Waals surface area contributed by atoms with Crippen LogP contribution in [-0.4, -0.2) is 43.2 Å². The quantitative estimate of drug-likeness (QED) is 0.618. The number of rotatable bonds is 4. The van der Waals surface area contributed by atoms with Crippen LogP contribution < -0.4 is 10.6 Å². The number of nitrogens with one attached hydrogen (secondary N) is 2. The third-order valence-corrected chi connectivity index (χ3v) is 3.19. The van der Waals surface area contributed by atoms with Crippen LogP contribution in [0.2, 0.25) is 0 Å². The van der Waals surface area contributed by atoms with Crippen LogP contribution in [-0.2, 0) is 4.74 Å². The number of amides is 1. The van der Waals surface area contributed by atoms with E-state index in [0.717, 1.165) is 18.2 Å². The number of nitro benzene ring substituents is 1. The zero-order chi connectivity index (χ0) is 14.7. The van der Waals surface area contributed by atoms with Crippen LogP contribution >= 0.6 is 0 Å². The van der Waals surface area contributed by atoms with Gasteiger partial charge in [0.05, 0.1) is 28.7 Å². The van der Waals surface area contributed by atoms with Crippen molar-refractivity contribution in [1.29, 1.82) is 0 Å². The lowest BCUT2D eigenvalue weighted by Crippen LogP contribution is -2.43. The monoisotopic (exact) mass is 283 g/mol. The first-order valence-corrected chi connectivity index (χ1v) is 6.01. The van der Waals surface area contributed by atoms with Crippen LogP contribution in [0.15, 0.2) is 18.2 Å². The summed E-state index contributed by atoms with van der Waals surface area (Å²) in [6, 6.07) is 2.67. The van der Waals surface area contributed by atoms with Gasteiger partial charge in [0.25, 0.3) is 11.6 Å². The van der Waals surface area contributed by atoms with Gasteiger partial charge in [-0.15, -0.1) is 0 Å². The summed E-state index contributed by atoms with van der Waals surface area (Å²) in [6.07, 6.45) is -0.181. The van der Waals surface area contributed by atoms with Gasteiger partial charge in [0, 0.05) is 26.3 Å². The number of benzene rings is 1. The van der Waals surface area contributed by atoms with Crippen molar-refractivity contribution in [2.24, 2.45) is 0 Å². The number of carbonyl (C=O) groups excluding carboxylic acids is 1. The fraction of sp³-hybridized carbons (Fsp3) is 0.417. The molecule has 1 amide bonds. The highest BCUT2D eigenvalue weighted by Crippen LogP contribution is 2.17. The number of nitro groups is 1. The van der Waals surface area contributed by atoms with Gasteiger partial charge in [-0.25, -0.2) is 4.39 Å². The van der Waals surface area contributed by atoms with Crippen LogP contribution in [0, 0.1) is 15.9 Å². The van der Waals surface area contributed by atoms with E-state index >= 15 is 0 Å². The largest absolute Gasteiger partial charge is 0.378 e. The van der Waals surface area contributed by atoms with E-state index in [9.17, 15) is 19.3 Å². The highest BCUT2D eigenvalue weighted by atomic mass is 19.1. The summed E-state index contributed by atoms with van der Waals surface area (Å²) >= 11 is 0. The molecule has 2 atom stereocenters. The molecule has 0 spiro atoms. The summed E-state index contributed by atoms with van der Waals surface area (Å²) < 4.78 is 18.9. The normalized spacial score (nSPS) is 21.7. The number of methoxy groups -OCH3 is 1. The Bertz CT molecular complexity index is 537. The zero-order valence-electron chi connectivity index (χ0n) is 10.8. The minimum absolute atomic E-state index is 0.181. The number of nitrogens with zero attached hydrogens (tertiary/aromatic N) is 1. The lowest BCUT2D eigenvalue weighted by molar-refractivity contribution is -0.385. The lowest BCUT2D eigenvalue weighted by Gasteiger charge is -2.18. The summed E-state index contributed by atoms with van der Waals surface area (Å²) in [7, 11) is 1.53. The minimum atomic E-state index is -0.920. The molecule has 1 aromatic carbocycles. The molecule has 20 heavy (non-hydrogen) atoms. The van der Waals surface area contributed by atoms with Crippen molar-refractivity contribution in [1.82, 2.24) is 10.6 Å². The van der Waals surface area contributed by atoms with Crippen molar-refractivity contribution in [2.45, 2.75) is 12.1 Å². The van der Waals surface area contributed by atoms with E-state index in [0.29, 0.717) is 13.1 Å². The predicted molar refractivity (Wildman–Crippen MR) is 68.0 cm³/mol. The summed E-state index contributed by atoms with van der Waals surface area (Å²) in [4.78, 5) is 21.8. The molecule has 0 saturated carbocycles. The van der Waals surface area contributed by atoms with Crippen molar-refractivity contribution in [2.75, 3.05) is 20.2 Å². The third kappa shape index (κ3) is 2.91. The molecule has 0 radical (unpaired) electrons. The van der Waals surface area contributed by atoms with E-state index < -0.39 is 22.3 Å². The number of ether oxygens (including phenoxy) is 1. The molecular formula is C12H14FN3O4. The number of carbonyl (C=O) groups is 1. The fourth-order valence-corrected chi connectivity index (χ4v) is 2.09. The van der Waals surface area contributed by atoms with Crippen LogP contribution in [0.3, 0.4) is 0 Å². The van der Waals surface area contributed by atoms with Crippen molar-refractivity contribution in [3.8, 4) is 0 Å². The topological polar surface area (TPSA) is 93.5 Å². The first kappa shape index (κ1) is 14.4. The number of non-ortho nitro benzene ring substituents is 1. The molecule has 0 aromatic heterocycles. The second-order valence-electron chi connectivity index (χ2n) is 4.43. The van der Waals surface area contributed by atoms with Gasteiger partial charge in [0.1, 0.15) is 5.82 Å². The molecule has 1 aliphatic heterocycles. The summed E-state index contributed by atoms with van der Waals surface area (Å²) in [5.41, 5.74) is -0.617. The van der Waals surface area contributed by atoms with E-state index in [1.54, 1.807) is 0 Å². The Hall–Kier alpha value is -2.06. The van der Waals surface area contributed by atoms with Gasteiger partial charge in [0.2, 0.25) is 0 Å². The maximum absolute atomic E-state index is 13.7. The van der Waals surface area contributed by atoms with E-state index in [-0.39, 0.29) is 17.7 Å². The minimum Gasteiger partial charge on any atom is -0.378 e. The van der Waals surface area contributed by atoms with E-state index in [1.807, 2.05) is 0 Å². The molecule has 2 N–H and O–H groups in total. The van der Waals surface area contributed by atoms with Crippen molar-refractivity contribution in [3.05, 3.63) is 39.7 Å².